The molecule has 2 aromatic rings. The largest absolute Gasteiger partial charge is 0.329 e. The Bertz CT molecular complexity index is 488. The van der Waals surface area contributed by atoms with Crippen LogP contribution in [0.15, 0.2) is 42.5 Å². The molecule has 0 saturated heterocycles. The van der Waals surface area contributed by atoms with Crippen LogP contribution in [-0.4, -0.2) is 25.0 Å². The van der Waals surface area contributed by atoms with Gasteiger partial charge in [0.1, 0.15) is 0 Å². The smallest absolute Gasteiger partial charge is 0.0473 e. The standard InChI is InChI=1S/C15H20N2/c1-3-17(2)15(11-16)14-10-6-8-12-7-4-5-9-13(12)14/h4-10,15H,3,11,16H2,1-2H3. The Morgan fingerprint density at radius 1 is 1.12 bits per heavy atom. The first-order valence-corrected chi connectivity index (χ1v) is 6.16. The number of rotatable bonds is 4. The Hall–Kier alpha value is -1.38. The van der Waals surface area contributed by atoms with Gasteiger partial charge >= 0.3 is 0 Å². The maximum Gasteiger partial charge on any atom is 0.0473 e. The van der Waals surface area contributed by atoms with Gasteiger partial charge in [-0.1, -0.05) is 49.4 Å². The second-order valence-corrected chi connectivity index (χ2v) is 4.39. The zero-order valence-electron chi connectivity index (χ0n) is 10.6. The molecule has 0 saturated carbocycles. The first-order chi connectivity index (χ1) is 8.27. The summed E-state index contributed by atoms with van der Waals surface area (Å²) < 4.78 is 0. The maximum atomic E-state index is 5.93. The summed E-state index contributed by atoms with van der Waals surface area (Å²) in [5.74, 6) is 0. The first kappa shape index (κ1) is 12.1. The Morgan fingerprint density at radius 3 is 2.53 bits per heavy atom. The molecule has 0 fully saturated rings. The van der Waals surface area contributed by atoms with Gasteiger partial charge in [-0.15, -0.1) is 0 Å². The highest BCUT2D eigenvalue weighted by Gasteiger charge is 2.15. The normalized spacial score (nSPS) is 13.2. The van der Waals surface area contributed by atoms with Crippen molar-refractivity contribution in [2.75, 3.05) is 20.1 Å². The zero-order valence-corrected chi connectivity index (χ0v) is 10.6. The number of nitrogens with two attached hydrogens (primary N) is 1. The van der Waals surface area contributed by atoms with Gasteiger partial charge < -0.3 is 5.73 Å². The van der Waals surface area contributed by atoms with E-state index in [-0.39, 0.29) is 0 Å². The molecule has 0 aromatic heterocycles. The van der Waals surface area contributed by atoms with E-state index in [9.17, 15) is 0 Å². The van der Waals surface area contributed by atoms with E-state index in [0.29, 0.717) is 12.6 Å². The van der Waals surface area contributed by atoms with Gasteiger partial charge in [0, 0.05) is 12.6 Å². The van der Waals surface area contributed by atoms with Crippen LogP contribution in [0.2, 0.25) is 0 Å². The van der Waals surface area contributed by atoms with Crippen LogP contribution < -0.4 is 5.73 Å². The molecule has 0 radical (unpaired) electrons. The average Bonchev–Trinajstić information content (AvgIpc) is 2.39. The lowest BCUT2D eigenvalue weighted by molar-refractivity contribution is 0.265. The van der Waals surface area contributed by atoms with Crippen LogP contribution in [0.5, 0.6) is 0 Å². The summed E-state index contributed by atoms with van der Waals surface area (Å²) in [6.45, 7) is 3.82. The van der Waals surface area contributed by atoms with Crippen LogP contribution in [0.1, 0.15) is 18.5 Å². The van der Waals surface area contributed by atoms with Crippen LogP contribution in [0.25, 0.3) is 10.8 Å². The van der Waals surface area contributed by atoms with Crippen LogP contribution in [0.4, 0.5) is 0 Å². The average molecular weight is 228 g/mol. The molecule has 90 valence electrons. The lowest BCUT2D eigenvalue weighted by Gasteiger charge is -2.27. The molecule has 1 atom stereocenters. The molecule has 1 unspecified atom stereocenters. The van der Waals surface area contributed by atoms with E-state index in [2.05, 4.69) is 61.3 Å². The monoisotopic (exact) mass is 228 g/mol. The SMILES string of the molecule is CCN(C)C(CN)c1cccc2ccccc12. The minimum Gasteiger partial charge on any atom is -0.329 e. The fraction of sp³-hybridized carbons (Fsp3) is 0.333. The summed E-state index contributed by atoms with van der Waals surface area (Å²) in [4.78, 5) is 2.29. The van der Waals surface area contributed by atoms with Crippen molar-refractivity contribution in [3.8, 4) is 0 Å². The number of fused-ring (bicyclic) bond motifs is 1. The summed E-state index contributed by atoms with van der Waals surface area (Å²) in [5, 5.41) is 2.60. The first-order valence-electron chi connectivity index (χ1n) is 6.16. The van der Waals surface area contributed by atoms with E-state index in [0.717, 1.165) is 6.54 Å². The van der Waals surface area contributed by atoms with Crippen LogP contribution >= 0.6 is 0 Å². The van der Waals surface area contributed by atoms with Gasteiger partial charge in [-0.3, -0.25) is 4.90 Å². The lowest BCUT2D eigenvalue weighted by atomic mass is 9.98. The third-order valence-corrected chi connectivity index (χ3v) is 3.44. The molecule has 2 nitrogen and oxygen atoms in total. The molecule has 0 amide bonds. The highest BCUT2D eigenvalue weighted by Crippen LogP contribution is 2.26. The molecule has 0 aliphatic rings. The molecule has 0 bridgehead atoms. The van der Waals surface area contributed by atoms with Gasteiger partial charge in [-0.05, 0) is 29.9 Å². The highest BCUT2D eigenvalue weighted by atomic mass is 15.1. The second-order valence-electron chi connectivity index (χ2n) is 4.39. The van der Waals surface area contributed by atoms with Crippen molar-refractivity contribution < 1.29 is 0 Å². The van der Waals surface area contributed by atoms with Crippen molar-refractivity contribution in [2.24, 2.45) is 5.73 Å². The van der Waals surface area contributed by atoms with Gasteiger partial charge in [0.05, 0.1) is 0 Å². The number of hydrogen-bond donors (Lipinski definition) is 1. The van der Waals surface area contributed by atoms with Crippen LogP contribution in [0.3, 0.4) is 0 Å². The minimum absolute atomic E-state index is 0.297. The molecule has 0 spiro atoms. The van der Waals surface area contributed by atoms with E-state index < -0.39 is 0 Å². The van der Waals surface area contributed by atoms with E-state index in [1.807, 2.05) is 0 Å². The molecule has 2 N–H and O–H groups in total. The number of benzene rings is 2. The van der Waals surface area contributed by atoms with Gasteiger partial charge in [-0.2, -0.15) is 0 Å². The van der Waals surface area contributed by atoms with Crippen molar-refractivity contribution >= 4 is 10.8 Å². The highest BCUT2D eigenvalue weighted by molar-refractivity contribution is 5.86. The Morgan fingerprint density at radius 2 is 1.82 bits per heavy atom. The third-order valence-electron chi connectivity index (χ3n) is 3.44. The number of nitrogens with zero attached hydrogens (tertiary/aromatic N) is 1. The summed E-state index contributed by atoms with van der Waals surface area (Å²) in [6.07, 6.45) is 0. The molecule has 2 rings (SSSR count). The molecule has 0 aliphatic heterocycles. The predicted octanol–water partition coefficient (Wildman–Crippen LogP) is 2.79. The predicted molar refractivity (Wildman–Crippen MR) is 74.0 cm³/mol. The zero-order chi connectivity index (χ0) is 12.3. The Kier molecular flexibility index (Phi) is 3.77. The number of likely N-dealkylation sites (N-methyl/N-ethyl adjacent to an activating group) is 1. The Labute approximate surface area is 103 Å². The summed E-state index contributed by atoms with van der Waals surface area (Å²) in [5.41, 5.74) is 7.26. The molecule has 2 heteroatoms. The minimum atomic E-state index is 0.297. The van der Waals surface area contributed by atoms with Crippen molar-refractivity contribution in [1.29, 1.82) is 0 Å². The summed E-state index contributed by atoms with van der Waals surface area (Å²) >= 11 is 0. The van der Waals surface area contributed by atoms with E-state index in [4.69, 9.17) is 5.73 Å². The van der Waals surface area contributed by atoms with Crippen molar-refractivity contribution in [2.45, 2.75) is 13.0 Å². The van der Waals surface area contributed by atoms with E-state index in [1.54, 1.807) is 0 Å². The molecular weight excluding hydrogens is 208 g/mol. The molecule has 17 heavy (non-hydrogen) atoms. The molecule has 2 aromatic carbocycles. The van der Waals surface area contributed by atoms with Gasteiger partial charge in [0.25, 0.3) is 0 Å². The summed E-state index contributed by atoms with van der Waals surface area (Å²) in [6, 6.07) is 15.2. The van der Waals surface area contributed by atoms with Gasteiger partial charge in [-0.25, -0.2) is 0 Å². The maximum absolute atomic E-state index is 5.93. The van der Waals surface area contributed by atoms with Crippen LogP contribution in [0, 0.1) is 0 Å². The van der Waals surface area contributed by atoms with Crippen LogP contribution in [-0.2, 0) is 0 Å². The van der Waals surface area contributed by atoms with E-state index in [1.165, 1.54) is 16.3 Å². The van der Waals surface area contributed by atoms with Gasteiger partial charge in [0.15, 0.2) is 0 Å². The van der Waals surface area contributed by atoms with Crippen molar-refractivity contribution in [3.63, 3.8) is 0 Å². The molecular formula is C15H20N2. The summed E-state index contributed by atoms with van der Waals surface area (Å²) in [7, 11) is 2.12. The number of hydrogen-bond acceptors (Lipinski definition) is 2. The quantitative estimate of drug-likeness (QED) is 0.872. The molecule has 0 heterocycles. The van der Waals surface area contributed by atoms with Gasteiger partial charge in [0.2, 0.25) is 0 Å². The second kappa shape index (κ2) is 5.30. The fourth-order valence-electron chi connectivity index (χ4n) is 2.31. The fourth-order valence-corrected chi connectivity index (χ4v) is 2.31. The van der Waals surface area contributed by atoms with Crippen molar-refractivity contribution in [1.82, 2.24) is 4.90 Å². The topological polar surface area (TPSA) is 29.3 Å². The third kappa shape index (κ3) is 2.33. The lowest BCUT2D eigenvalue weighted by Crippen LogP contribution is -2.30. The van der Waals surface area contributed by atoms with Crippen molar-refractivity contribution in [3.05, 3.63) is 48.0 Å². The van der Waals surface area contributed by atoms with E-state index >= 15 is 0 Å². The molecule has 0 aliphatic carbocycles. The Balaban J connectivity index is 2.53.